The molecule has 1 aromatic rings. The Bertz CT molecular complexity index is 375. The van der Waals surface area contributed by atoms with E-state index in [1.807, 2.05) is 20.2 Å². The Morgan fingerprint density at radius 1 is 1.44 bits per heavy atom. The van der Waals surface area contributed by atoms with Crippen molar-refractivity contribution in [2.24, 2.45) is 5.73 Å². The molecule has 0 heterocycles. The van der Waals surface area contributed by atoms with Crippen LogP contribution in [0.15, 0.2) is 18.2 Å². The number of benzene rings is 1. The van der Waals surface area contributed by atoms with Crippen molar-refractivity contribution in [3.05, 3.63) is 29.3 Å². The second-order valence-corrected chi connectivity index (χ2v) is 3.90. The fourth-order valence-electron chi connectivity index (χ4n) is 1.58. The third kappa shape index (κ3) is 2.97. The number of amides is 1. The zero-order valence-electron chi connectivity index (χ0n) is 9.99. The molecule has 0 atom stereocenters. The molecule has 0 aromatic heterocycles. The highest BCUT2D eigenvalue weighted by molar-refractivity contribution is 5.95. The normalized spacial score (nSPS) is 10.5. The average molecular weight is 222 g/mol. The van der Waals surface area contributed by atoms with E-state index in [2.05, 4.69) is 4.90 Å². The van der Waals surface area contributed by atoms with Gasteiger partial charge < -0.3 is 15.4 Å². The number of carbonyl (C=O) groups excluding carboxylic acids is 1. The van der Waals surface area contributed by atoms with E-state index in [9.17, 15) is 4.79 Å². The molecule has 0 bridgehead atoms. The summed E-state index contributed by atoms with van der Waals surface area (Å²) in [5.74, 6) is 0.311. The molecule has 1 rings (SSSR count). The molecule has 0 saturated heterocycles. The number of carbonyl (C=O) groups is 1. The number of hydrogen-bond acceptors (Lipinski definition) is 3. The van der Waals surface area contributed by atoms with Gasteiger partial charge in [0.05, 0.1) is 7.11 Å². The molecule has 0 unspecified atom stereocenters. The van der Waals surface area contributed by atoms with Gasteiger partial charge in [-0.1, -0.05) is 6.07 Å². The first-order valence-corrected chi connectivity index (χ1v) is 5.16. The van der Waals surface area contributed by atoms with Gasteiger partial charge >= 0.3 is 0 Å². The van der Waals surface area contributed by atoms with Crippen LogP contribution >= 0.6 is 0 Å². The summed E-state index contributed by atoms with van der Waals surface area (Å²) < 4.78 is 5.24. The third-order valence-electron chi connectivity index (χ3n) is 2.43. The van der Waals surface area contributed by atoms with Crippen LogP contribution in [0.4, 0.5) is 0 Å². The standard InChI is InChI=1S/C12H18N2O2/c1-14(2)8-7-9-10(12(13)15)5-4-6-11(9)16-3/h4-6H,7-8H2,1-3H3,(H2,13,15). The van der Waals surface area contributed by atoms with Gasteiger partial charge in [0.25, 0.3) is 0 Å². The summed E-state index contributed by atoms with van der Waals surface area (Å²) in [6, 6.07) is 5.35. The highest BCUT2D eigenvalue weighted by atomic mass is 16.5. The molecule has 88 valence electrons. The topological polar surface area (TPSA) is 55.6 Å². The summed E-state index contributed by atoms with van der Waals surface area (Å²) in [6.07, 6.45) is 0.745. The van der Waals surface area contributed by atoms with Gasteiger partial charge in [-0.05, 0) is 32.6 Å². The number of likely N-dealkylation sites (N-methyl/N-ethyl adjacent to an activating group) is 1. The molecule has 1 amide bonds. The molecule has 16 heavy (non-hydrogen) atoms. The lowest BCUT2D eigenvalue weighted by molar-refractivity contribution is 0.0999. The smallest absolute Gasteiger partial charge is 0.249 e. The van der Waals surface area contributed by atoms with E-state index in [1.165, 1.54) is 0 Å². The first kappa shape index (κ1) is 12.5. The third-order valence-corrected chi connectivity index (χ3v) is 2.43. The van der Waals surface area contributed by atoms with E-state index in [-0.39, 0.29) is 0 Å². The average Bonchev–Trinajstić information content (AvgIpc) is 2.25. The highest BCUT2D eigenvalue weighted by Gasteiger charge is 2.12. The van der Waals surface area contributed by atoms with Crippen molar-refractivity contribution < 1.29 is 9.53 Å². The number of nitrogens with zero attached hydrogens (tertiary/aromatic N) is 1. The first-order chi connectivity index (χ1) is 7.56. The number of methoxy groups -OCH3 is 1. The minimum atomic E-state index is -0.410. The molecule has 0 fully saturated rings. The van der Waals surface area contributed by atoms with Crippen molar-refractivity contribution in [3.63, 3.8) is 0 Å². The molecule has 0 aliphatic heterocycles. The molecule has 4 nitrogen and oxygen atoms in total. The minimum Gasteiger partial charge on any atom is -0.496 e. The summed E-state index contributed by atoms with van der Waals surface area (Å²) in [5.41, 5.74) is 6.76. The molecule has 2 N–H and O–H groups in total. The lowest BCUT2D eigenvalue weighted by atomic mass is 10.0. The monoisotopic (exact) mass is 222 g/mol. The summed E-state index contributed by atoms with van der Waals surface area (Å²) >= 11 is 0. The molecule has 0 saturated carbocycles. The number of rotatable bonds is 5. The Hall–Kier alpha value is -1.55. The van der Waals surface area contributed by atoms with Crippen molar-refractivity contribution in [2.75, 3.05) is 27.7 Å². The molecule has 0 radical (unpaired) electrons. The SMILES string of the molecule is COc1cccc(C(N)=O)c1CCN(C)C. The van der Waals surface area contributed by atoms with Crippen molar-refractivity contribution in [3.8, 4) is 5.75 Å². The maximum atomic E-state index is 11.3. The quantitative estimate of drug-likeness (QED) is 0.805. The van der Waals surface area contributed by atoms with Crippen molar-refractivity contribution >= 4 is 5.91 Å². The predicted molar refractivity (Wildman–Crippen MR) is 63.8 cm³/mol. The largest absolute Gasteiger partial charge is 0.496 e. The van der Waals surface area contributed by atoms with Crippen LogP contribution in [0.2, 0.25) is 0 Å². The molecule has 0 aliphatic rings. The van der Waals surface area contributed by atoms with E-state index >= 15 is 0 Å². The van der Waals surface area contributed by atoms with Gasteiger partial charge in [0, 0.05) is 17.7 Å². The Kier molecular flexibility index (Phi) is 4.31. The van der Waals surface area contributed by atoms with Gasteiger partial charge in [-0.15, -0.1) is 0 Å². The minimum absolute atomic E-state index is 0.410. The second kappa shape index (κ2) is 5.51. The van der Waals surface area contributed by atoms with Gasteiger partial charge in [-0.3, -0.25) is 4.79 Å². The zero-order valence-corrected chi connectivity index (χ0v) is 9.99. The Morgan fingerprint density at radius 2 is 2.12 bits per heavy atom. The van der Waals surface area contributed by atoms with Crippen LogP contribution in [0.1, 0.15) is 15.9 Å². The van der Waals surface area contributed by atoms with E-state index in [0.717, 1.165) is 24.3 Å². The first-order valence-electron chi connectivity index (χ1n) is 5.16. The van der Waals surface area contributed by atoms with Crippen molar-refractivity contribution in [1.29, 1.82) is 0 Å². The van der Waals surface area contributed by atoms with E-state index in [0.29, 0.717) is 5.56 Å². The van der Waals surface area contributed by atoms with Crippen LogP contribution in [0.3, 0.4) is 0 Å². The van der Waals surface area contributed by atoms with Crippen LogP contribution in [0.5, 0.6) is 5.75 Å². The number of hydrogen-bond donors (Lipinski definition) is 1. The molecule has 0 aliphatic carbocycles. The Balaban J connectivity index is 3.04. The molecular weight excluding hydrogens is 204 g/mol. The van der Waals surface area contributed by atoms with Crippen LogP contribution in [0.25, 0.3) is 0 Å². The number of primary amides is 1. The van der Waals surface area contributed by atoms with Gasteiger partial charge in [-0.2, -0.15) is 0 Å². The zero-order chi connectivity index (χ0) is 12.1. The van der Waals surface area contributed by atoms with Gasteiger partial charge in [-0.25, -0.2) is 0 Å². The summed E-state index contributed by atoms with van der Waals surface area (Å²) in [7, 11) is 5.57. The molecule has 4 heteroatoms. The van der Waals surface area contributed by atoms with Crippen LogP contribution in [-0.4, -0.2) is 38.6 Å². The van der Waals surface area contributed by atoms with Gasteiger partial charge in [0.2, 0.25) is 5.91 Å². The van der Waals surface area contributed by atoms with Crippen molar-refractivity contribution in [2.45, 2.75) is 6.42 Å². The summed E-state index contributed by atoms with van der Waals surface area (Å²) in [4.78, 5) is 13.3. The van der Waals surface area contributed by atoms with Crippen LogP contribution in [-0.2, 0) is 6.42 Å². The number of ether oxygens (including phenoxy) is 1. The summed E-state index contributed by atoms with van der Waals surface area (Å²) in [5, 5.41) is 0. The highest BCUT2D eigenvalue weighted by Crippen LogP contribution is 2.22. The lowest BCUT2D eigenvalue weighted by Crippen LogP contribution is -2.19. The van der Waals surface area contributed by atoms with E-state index in [4.69, 9.17) is 10.5 Å². The number of nitrogens with two attached hydrogens (primary N) is 1. The van der Waals surface area contributed by atoms with Crippen molar-refractivity contribution in [1.82, 2.24) is 4.90 Å². The maximum absolute atomic E-state index is 11.3. The Labute approximate surface area is 96.0 Å². The van der Waals surface area contributed by atoms with Gasteiger partial charge in [0.1, 0.15) is 5.75 Å². The van der Waals surface area contributed by atoms with Gasteiger partial charge in [0.15, 0.2) is 0 Å². The molecule has 1 aromatic carbocycles. The van der Waals surface area contributed by atoms with Crippen LogP contribution < -0.4 is 10.5 Å². The fraction of sp³-hybridized carbons (Fsp3) is 0.417. The second-order valence-electron chi connectivity index (χ2n) is 3.90. The lowest BCUT2D eigenvalue weighted by Gasteiger charge is -2.14. The fourth-order valence-corrected chi connectivity index (χ4v) is 1.58. The van der Waals surface area contributed by atoms with E-state index in [1.54, 1.807) is 19.2 Å². The van der Waals surface area contributed by atoms with Crippen LogP contribution in [0, 0.1) is 0 Å². The molecular formula is C12H18N2O2. The maximum Gasteiger partial charge on any atom is 0.249 e. The predicted octanol–water partition coefficient (Wildman–Crippen LogP) is 0.898. The van der Waals surface area contributed by atoms with E-state index < -0.39 is 5.91 Å². The summed E-state index contributed by atoms with van der Waals surface area (Å²) in [6.45, 7) is 0.848. The Morgan fingerprint density at radius 3 is 2.62 bits per heavy atom. The molecule has 0 spiro atoms.